The summed E-state index contributed by atoms with van der Waals surface area (Å²) in [6.07, 6.45) is 0. The third kappa shape index (κ3) is 3.18. The molecular formula is C14H13ClFNS. The molecule has 2 aromatic rings. The van der Waals surface area contributed by atoms with E-state index in [0.29, 0.717) is 5.75 Å². The van der Waals surface area contributed by atoms with Gasteiger partial charge in [0.2, 0.25) is 0 Å². The van der Waals surface area contributed by atoms with Gasteiger partial charge in [-0.1, -0.05) is 23.7 Å². The Bertz CT molecular complexity index is 572. The minimum absolute atomic E-state index is 0.157. The van der Waals surface area contributed by atoms with E-state index in [-0.39, 0.29) is 10.8 Å². The van der Waals surface area contributed by atoms with Gasteiger partial charge in [-0.05, 0) is 42.3 Å². The summed E-state index contributed by atoms with van der Waals surface area (Å²) in [5.41, 5.74) is 8.82. The average Bonchev–Trinajstić information content (AvgIpc) is 2.32. The van der Waals surface area contributed by atoms with Gasteiger partial charge >= 0.3 is 0 Å². The Morgan fingerprint density at radius 2 is 2.00 bits per heavy atom. The van der Waals surface area contributed by atoms with Crippen molar-refractivity contribution in [1.82, 2.24) is 0 Å². The fraction of sp³-hybridized carbons (Fsp3) is 0.143. The number of rotatable bonds is 3. The maximum atomic E-state index is 13.0. The molecule has 2 rings (SSSR count). The minimum Gasteiger partial charge on any atom is -0.398 e. The van der Waals surface area contributed by atoms with Crippen molar-refractivity contribution in [2.75, 3.05) is 5.73 Å². The lowest BCUT2D eigenvalue weighted by Crippen LogP contribution is -1.90. The first-order valence-corrected chi connectivity index (χ1v) is 6.85. The third-order valence-electron chi connectivity index (χ3n) is 2.54. The molecule has 94 valence electrons. The van der Waals surface area contributed by atoms with Crippen LogP contribution in [0.5, 0.6) is 0 Å². The van der Waals surface area contributed by atoms with E-state index in [1.54, 1.807) is 23.9 Å². The number of thioether (sulfide) groups is 1. The number of hydrogen-bond donors (Lipinski definition) is 1. The molecule has 0 aromatic heterocycles. The maximum absolute atomic E-state index is 13.0. The van der Waals surface area contributed by atoms with Crippen molar-refractivity contribution in [3.8, 4) is 0 Å². The number of aryl methyl sites for hydroxylation is 1. The van der Waals surface area contributed by atoms with E-state index in [0.717, 1.165) is 21.7 Å². The highest BCUT2D eigenvalue weighted by Gasteiger charge is 2.04. The smallest absolute Gasteiger partial charge is 0.141 e. The SMILES string of the molecule is Cc1ccc(SCc2ccc(F)c(Cl)c2)c(N)c1. The van der Waals surface area contributed by atoms with Gasteiger partial charge < -0.3 is 5.73 Å². The first-order valence-electron chi connectivity index (χ1n) is 5.49. The molecule has 18 heavy (non-hydrogen) atoms. The van der Waals surface area contributed by atoms with Crippen LogP contribution in [0, 0.1) is 12.7 Å². The van der Waals surface area contributed by atoms with Crippen molar-refractivity contribution in [2.45, 2.75) is 17.6 Å². The van der Waals surface area contributed by atoms with E-state index in [9.17, 15) is 4.39 Å². The van der Waals surface area contributed by atoms with Gasteiger partial charge in [0.1, 0.15) is 5.82 Å². The summed E-state index contributed by atoms with van der Waals surface area (Å²) in [6.45, 7) is 2.00. The van der Waals surface area contributed by atoms with E-state index in [1.165, 1.54) is 6.07 Å². The second kappa shape index (κ2) is 5.63. The van der Waals surface area contributed by atoms with Crippen molar-refractivity contribution >= 4 is 29.1 Å². The second-order valence-electron chi connectivity index (χ2n) is 4.08. The van der Waals surface area contributed by atoms with Crippen LogP contribution in [0.1, 0.15) is 11.1 Å². The van der Waals surface area contributed by atoms with E-state index in [1.807, 2.05) is 25.1 Å². The molecule has 0 aliphatic heterocycles. The highest BCUT2D eigenvalue weighted by Crippen LogP contribution is 2.29. The lowest BCUT2D eigenvalue weighted by Gasteiger charge is -2.07. The second-order valence-corrected chi connectivity index (χ2v) is 5.50. The molecule has 4 heteroatoms. The predicted octanol–water partition coefficient (Wildman–Crippen LogP) is 4.66. The van der Waals surface area contributed by atoms with Gasteiger partial charge in [0.05, 0.1) is 5.02 Å². The lowest BCUT2D eigenvalue weighted by atomic mass is 10.2. The van der Waals surface area contributed by atoms with Gasteiger partial charge in [0, 0.05) is 16.3 Å². The average molecular weight is 282 g/mol. The van der Waals surface area contributed by atoms with Crippen LogP contribution in [0.3, 0.4) is 0 Å². The number of nitrogen functional groups attached to an aromatic ring is 1. The molecule has 0 spiro atoms. The van der Waals surface area contributed by atoms with Crippen LogP contribution in [-0.2, 0) is 5.75 Å². The summed E-state index contributed by atoms with van der Waals surface area (Å²) in [5, 5.41) is 0.157. The van der Waals surface area contributed by atoms with Crippen molar-refractivity contribution in [3.63, 3.8) is 0 Å². The predicted molar refractivity (Wildman–Crippen MR) is 76.6 cm³/mol. The van der Waals surface area contributed by atoms with Crippen LogP contribution in [0.2, 0.25) is 5.02 Å². The van der Waals surface area contributed by atoms with Gasteiger partial charge in [-0.2, -0.15) is 0 Å². The summed E-state index contributed by atoms with van der Waals surface area (Å²) in [6, 6.07) is 10.7. The number of hydrogen-bond acceptors (Lipinski definition) is 2. The Kier molecular flexibility index (Phi) is 4.15. The molecule has 0 heterocycles. The van der Waals surface area contributed by atoms with E-state index < -0.39 is 0 Å². The number of anilines is 1. The minimum atomic E-state index is -0.389. The Morgan fingerprint density at radius 1 is 1.22 bits per heavy atom. The Morgan fingerprint density at radius 3 is 2.67 bits per heavy atom. The molecular weight excluding hydrogens is 269 g/mol. The monoisotopic (exact) mass is 281 g/mol. The zero-order valence-corrected chi connectivity index (χ0v) is 11.5. The molecule has 0 radical (unpaired) electrons. The molecule has 0 fully saturated rings. The molecule has 1 nitrogen and oxygen atoms in total. The van der Waals surface area contributed by atoms with Crippen molar-refractivity contribution in [1.29, 1.82) is 0 Å². The summed E-state index contributed by atoms with van der Waals surface area (Å²) >= 11 is 7.36. The van der Waals surface area contributed by atoms with Crippen LogP contribution in [0.25, 0.3) is 0 Å². The van der Waals surface area contributed by atoms with Crippen LogP contribution < -0.4 is 5.73 Å². The van der Waals surface area contributed by atoms with Crippen LogP contribution in [0.15, 0.2) is 41.3 Å². The first-order chi connectivity index (χ1) is 8.56. The molecule has 0 atom stereocenters. The largest absolute Gasteiger partial charge is 0.398 e. The summed E-state index contributed by atoms with van der Waals surface area (Å²) in [5.74, 6) is 0.327. The zero-order valence-electron chi connectivity index (χ0n) is 9.91. The van der Waals surface area contributed by atoms with Gasteiger partial charge in [-0.25, -0.2) is 4.39 Å². The fourth-order valence-electron chi connectivity index (χ4n) is 1.59. The van der Waals surface area contributed by atoms with Gasteiger partial charge in [0.15, 0.2) is 0 Å². The van der Waals surface area contributed by atoms with Crippen molar-refractivity contribution in [3.05, 3.63) is 58.4 Å². The summed E-state index contributed by atoms with van der Waals surface area (Å²) < 4.78 is 13.0. The van der Waals surface area contributed by atoms with Gasteiger partial charge in [-0.15, -0.1) is 11.8 Å². The number of halogens is 2. The molecule has 0 unspecified atom stereocenters. The summed E-state index contributed by atoms with van der Waals surface area (Å²) in [7, 11) is 0. The molecule has 2 N–H and O–H groups in total. The molecule has 0 amide bonds. The highest BCUT2D eigenvalue weighted by atomic mass is 35.5. The quantitative estimate of drug-likeness (QED) is 0.654. The molecule has 0 saturated carbocycles. The third-order valence-corrected chi connectivity index (χ3v) is 3.99. The van der Waals surface area contributed by atoms with E-state index >= 15 is 0 Å². The van der Waals surface area contributed by atoms with E-state index in [4.69, 9.17) is 17.3 Å². The van der Waals surface area contributed by atoms with E-state index in [2.05, 4.69) is 0 Å². The van der Waals surface area contributed by atoms with Crippen LogP contribution in [0.4, 0.5) is 10.1 Å². The molecule has 0 aliphatic rings. The number of nitrogens with two attached hydrogens (primary N) is 1. The summed E-state index contributed by atoms with van der Waals surface area (Å²) in [4.78, 5) is 1.03. The molecule has 0 bridgehead atoms. The molecule has 0 saturated heterocycles. The normalized spacial score (nSPS) is 10.6. The highest BCUT2D eigenvalue weighted by molar-refractivity contribution is 7.98. The van der Waals surface area contributed by atoms with Crippen LogP contribution in [-0.4, -0.2) is 0 Å². The maximum Gasteiger partial charge on any atom is 0.141 e. The van der Waals surface area contributed by atoms with Gasteiger partial charge in [-0.3, -0.25) is 0 Å². The Labute approximate surface area is 115 Å². The van der Waals surface area contributed by atoms with Crippen molar-refractivity contribution < 1.29 is 4.39 Å². The zero-order chi connectivity index (χ0) is 13.1. The fourth-order valence-corrected chi connectivity index (χ4v) is 2.68. The van der Waals surface area contributed by atoms with Gasteiger partial charge in [0.25, 0.3) is 0 Å². The number of benzene rings is 2. The molecule has 0 aliphatic carbocycles. The Hall–Kier alpha value is -1.19. The first kappa shape index (κ1) is 13.2. The van der Waals surface area contributed by atoms with Crippen LogP contribution >= 0.6 is 23.4 Å². The Balaban J connectivity index is 2.09. The molecule has 2 aromatic carbocycles. The lowest BCUT2D eigenvalue weighted by molar-refractivity contribution is 0.628. The van der Waals surface area contributed by atoms with Crippen molar-refractivity contribution in [2.24, 2.45) is 0 Å². The standard InChI is InChI=1S/C14H13ClFNS/c1-9-2-5-14(13(17)6-9)18-8-10-3-4-12(16)11(15)7-10/h2-7H,8,17H2,1H3. The topological polar surface area (TPSA) is 26.0 Å².